The average molecular weight is 345 g/mol. The van der Waals surface area contributed by atoms with Gasteiger partial charge in [0, 0.05) is 14.2 Å². The van der Waals surface area contributed by atoms with E-state index in [1.807, 2.05) is 6.92 Å². The largest absolute Gasteiger partial charge is 0.391 e. The summed E-state index contributed by atoms with van der Waals surface area (Å²) < 4.78 is 5.54. The number of nitrogens with one attached hydrogen (secondary N) is 2. The van der Waals surface area contributed by atoms with Crippen LogP contribution in [0.15, 0.2) is 0 Å². The molecule has 0 aromatic rings. The van der Waals surface area contributed by atoms with Crippen LogP contribution in [0.3, 0.4) is 0 Å². The lowest BCUT2D eigenvalue weighted by Gasteiger charge is -2.37. The minimum atomic E-state index is -0.839. The minimum absolute atomic E-state index is 0.0490. The number of likely N-dealkylation sites (N-methyl/N-ethyl adjacent to an activating group) is 2. The van der Waals surface area contributed by atoms with E-state index in [1.54, 1.807) is 26.1 Å². The number of carbonyl (C=O) groups excluding carboxylic acids is 2. The summed E-state index contributed by atoms with van der Waals surface area (Å²) in [7, 11) is 5.00. The molecular formula is C17H35N3O4. The maximum absolute atomic E-state index is 12.5. The second-order valence-corrected chi connectivity index (χ2v) is 6.29. The number of carbonyl (C=O) groups is 2. The van der Waals surface area contributed by atoms with Crippen molar-refractivity contribution < 1.29 is 19.4 Å². The summed E-state index contributed by atoms with van der Waals surface area (Å²) in [5, 5.41) is 14.9. The van der Waals surface area contributed by atoms with Crippen LogP contribution in [0.5, 0.6) is 0 Å². The summed E-state index contributed by atoms with van der Waals surface area (Å²) in [6, 6.07) is -0.790. The van der Waals surface area contributed by atoms with Crippen LogP contribution in [-0.2, 0) is 14.3 Å². The van der Waals surface area contributed by atoms with Crippen LogP contribution in [0.1, 0.15) is 40.5 Å². The summed E-state index contributed by atoms with van der Waals surface area (Å²) in [5.74, 6) is -0.292. The van der Waals surface area contributed by atoms with Crippen LogP contribution in [0, 0.1) is 5.92 Å². The molecule has 0 saturated carbocycles. The van der Waals surface area contributed by atoms with Crippen molar-refractivity contribution in [2.24, 2.45) is 5.92 Å². The van der Waals surface area contributed by atoms with Gasteiger partial charge in [-0.25, -0.2) is 0 Å². The third kappa shape index (κ3) is 6.37. The molecule has 0 aromatic heterocycles. The molecule has 0 aliphatic carbocycles. The predicted octanol–water partition coefficient (Wildman–Crippen LogP) is 0.370. The van der Waals surface area contributed by atoms with E-state index >= 15 is 0 Å². The Bertz CT molecular complexity index is 386. The van der Waals surface area contributed by atoms with Crippen LogP contribution in [0.25, 0.3) is 0 Å². The number of methoxy groups -OCH3 is 1. The molecule has 7 heteroatoms. The molecule has 0 aliphatic heterocycles. The smallest absolute Gasteiger partial charge is 0.242 e. The summed E-state index contributed by atoms with van der Waals surface area (Å²) in [6.07, 6.45) is 0.846. The van der Waals surface area contributed by atoms with Crippen LogP contribution >= 0.6 is 0 Å². The predicted molar refractivity (Wildman–Crippen MR) is 94.6 cm³/mol. The third-order valence-corrected chi connectivity index (χ3v) is 4.64. The molecule has 24 heavy (non-hydrogen) atoms. The van der Waals surface area contributed by atoms with Gasteiger partial charge < -0.3 is 25.4 Å². The lowest BCUT2D eigenvalue weighted by Crippen LogP contribution is -2.54. The molecule has 7 nitrogen and oxygen atoms in total. The first-order valence-corrected chi connectivity index (χ1v) is 8.66. The molecular weight excluding hydrogens is 310 g/mol. The van der Waals surface area contributed by atoms with Crippen molar-refractivity contribution in [3.8, 4) is 0 Å². The van der Waals surface area contributed by atoms with Gasteiger partial charge in [-0.3, -0.25) is 9.59 Å². The molecule has 0 bridgehead atoms. The van der Waals surface area contributed by atoms with E-state index in [9.17, 15) is 14.7 Å². The standard InChI is InChI=1S/C17H35N3O4/c1-8-11(3)16(13(9-2)24-7)20(6)14(22)10-19-17(23)15(18-5)12(4)21/h11-13,15-16,18,21H,8-10H2,1-7H3,(H,19,23). The quantitative estimate of drug-likeness (QED) is 0.503. The average Bonchev–Trinajstić information content (AvgIpc) is 2.56. The Balaban J connectivity index is 4.90. The van der Waals surface area contributed by atoms with E-state index in [1.165, 1.54) is 6.92 Å². The number of hydrogen-bond acceptors (Lipinski definition) is 5. The van der Waals surface area contributed by atoms with E-state index in [0.29, 0.717) is 0 Å². The summed E-state index contributed by atoms with van der Waals surface area (Å²) >= 11 is 0. The zero-order valence-electron chi connectivity index (χ0n) is 16.1. The van der Waals surface area contributed by atoms with Gasteiger partial charge in [0.25, 0.3) is 0 Å². The van der Waals surface area contributed by atoms with Gasteiger partial charge in [-0.2, -0.15) is 0 Å². The van der Waals surface area contributed by atoms with Crippen LogP contribution in [0.4, 0.5) is 0 Å². The van der Waals surface area contributed by atoms with E-state index in [-0.39, 0.29) is 30.5 Å². The van der Waals surface area contributed by atoms with Gasteiger partial charge in [0.1, 0.15) is 6.04 Å². The number of hydrogen-bond donors (Lipinski definition) is 3. The molecule has 0 rings (SSSR count). The Morgan fingerprint density at radius 3 is 2.17 bits per heavy atom. The van der Waals surface area contributed by atoms with Gasteiger partial charge in [-0.05, 0) is 26.3 Å². The summed E-state index contributed by atoms with van der Waals surface area (Å²) in [4.78, 5) is 26.2. The first kappa shape index (κ1) is 22.8. The number of nitrogens with zero attached hydrogens (tertiary/aromatic N) is 1. The fraction of sp³-hybridized carbons (Fsp3) is 0.882. The molecule has 2 amide bonds. The van der Waals surface area contributed by atoms with Crippen molar-refractivity contribution in [1.29, 1.82) is 0 Å². The SMILES string of the molecule is CCC(C)C(C(CC)OC)N(C)C(=O)CNC(=O)C(NC)C(C)O. The molecule has 0 aliphatic rings. The first-order chi connectivity index (χ1) is 11.2. The van der Waals surface area contributed by atoms with Gasteiger partial charge in [0.05, 0.1) is 24.8 Å². The Morgan fingerprint density at radius 1 is 1.21 bits per heavy atom. The number of aliphatic hydroxyl groups excluding tert-OH is 1. The molecule has 0 aromatic carbocycles. The lowest BCUT2D eigenvalue weighted by molar-refractivity contribution is -0.138. The Morgan fingerprint density at radius 2 is 1.79 bits per heavy atom. The first-order valence-electron chi connectivity index (χ1n) is 8.66. The van der Waals surface area contributed by atoms with Gasteiger partial charge in [-0.15, -0.1) is 0 Å². The van der Waals surface area contributed by atoms with Gasteiger partial charge >= 0.3 is 0 Å². The van der Waals surface area contributed by atoms with Crippen LogP contribution in [-0.4, -0.2) is 73.9 Å². The van der Waals surface area contributed by atoms with Crippen LogP contribution < -0.4 is 10.6 Å². The molecule has 0 radical (unpaired) electrons. The fourth-order valence-corrected chi connectivity index (χ4v) is 2.94. The highest BCUT2D eigenvalue weighted by Crippen LogP contribution is 2.21. The third-order valence-electron chi connectivity index (χ3n) is 4.64. The molecule has 0 spiro atoms. The Hall–Kier alpha value is -1.18. The summed E-state index contributed by atoms with van der Waals surface area (Å²) in [6.45, 7) is 7.63. The number of aliphatic hydroxyl groups is 1. The normalized spacial score (nSPS) is 17.5. The van der Waals surface area contributed by atoms with Crippen molar-refractivity contribution in [2.75, 3.05) is 27.7 Å². The molecule has 0 heterocycles. The van der Waals surface area contributed by atoms with Crippen molar-refractivity contribution in [3.05, 3.63) is 0 Å². The van der Waals surface area contributed by atoms with Crippen molar-refractivity contribution in [2.45, 2.75) is 64.8 Å². The maximum atomic E-state index is 12.5. The van der Waals surface area contributed by atoms with E-state index in [4.69, 9.17) is 4.74 Å². The van der Waals surface area contributed by atoms with Crippen molar-refractivity contribution in [3.63, 3.8) is 0 Å². The zero-order chi connectivity index (χ0) is 18.9. The summed E-state index contributed by atoms with van der Waals surface area (Å²) in [5.41, 5.74) is 0. The minimum Gasteiger partial charge on any atom is -0.391 e. The second kappa shape index (κ2) is 11.4. The monoisotopic (exact) mass is 345 g/mol. The topological polar surface area (TPSA) is 90.9 Å². The van der Waals surface area contributed by atoms with E-state index in [0.717, 1.165) is 12.8 Å². The van der Waals surface area contributed by atoms with Crippen molar-refractivity contribution >= 4 is 11.8 Å². The highest BCUT2D eigenvalue weighted by molar-refractivity contribution is 5.87. The molecule has 5 unspecified atom stereocenters. The molecule has 0 fully saturated rings. The Labute approximate surface area is 146 Å². The second-order valence-electron chi connectivity index (χ2n) is 6.29. The number of ether oxygens (including phenoxy) is 1. The van der Waals surface area contributed by atoms with Gasteiger partial charge in [0.2, 0.25) is 11.8 Å². The van der Waals surface area contributed by atoms with Crippen LogP contribution in [0.2, 0.25) is 0 Å². The lowest BCUT2D eigenvalue weighted by atomic mass is 9.91. The number of rotatable bonds is 11. The Kier molecular flexibility index (Phi) is 10.8. The number of amides is 2. The molecule has 142 valence electrons. The van der Waals surface area contributed by atoms with E-state index < -0.39 is 18.1 Å². The molecule has 5 atom stereocenters. The zero-order valence-corrected chi connectivity index (χ0v) is 16.1. The highest BCUT2D eigenvalue weighted by Gasteiger charge is 2.31. The maximum Gasteiger partial charge on any atom is 0.242 e. The van der Waals surface area contributed by atoms with Crippen molar-refractivity contribution in [1.82, 2.24) is 15.5 Å². The highest BCUT2D eigenvalue weighted by atomic mass is 16.5. The van der Waals surface area contributed by atoms with Gasteiger partial charge in [0.15, 0.2) is 0 Å². The fourth-order valence-electron chi connectivity index (χ4n) is 2.94. The molecule has 0 saturated heterocycles. The van der Waals surface area contributed by atoms with E-state index in [2.05, 4.69) is 24.5 Å². The molecule has 3 N–H and O–H groups in total. The van der Waals surface area contributed by atoms with Gasteiger partial charge in [-0.1, -0.05) is 27.2 Å².